The summed E-state index contributed by atoms with van der Waals surface area (Å²) in [6.45, 7) is 0.545. The van der Waals surface area contributed by atoms with E-state index in [-0.39, 0.29) is 17.2 Å². The Kier molecular flexibility index (Phi) is 7.90. The number of aromatic nitrogens is 4. The van der Waals surface area contributed by atoms with Crippen LogP contribution in [0.2, 0.25) is 0 Å². The first kappa shape index (κ1) is 27.3. The van der Waals surface area contributed by atoms with Gasteiger partial charge in [0.1, 0.15) is 23.5 Å². The van der Waals surface area contributed by atoms with Crippen molar-refractivity contribution < 1.29 is 23.4 Å². The Balaban J connectivity index is 1.50. The lowest BCUT2D eigenvalue weighted by molar-refractivity contribution is 0.100. The van der Waals surface area contributed by atoms with E-state index in [2.05, 4.69) is 15.0 Å². The monoisotopic (exact) mass is 558 g/mol. The van der Waals surface area contributed by atoms with Crippen LogP contribution < -0.4 is 25.5 Å². The van der Waals surface area contributed by atoms with Crippen molar-refractivity contribution in [3.63, 3.8) is 0 Å². The maximum Gasteiger partial charge on any atom is 0.284 e. The van der Waals surface area contributed by atoms with Crippen LogP contribution in [0.15, 0.2) is 76.6 Å². The Bertz CT molecular complexity index is 1750. The van der Waals surface area contributed by atoms with Crippen LogP contribution in [-0.4, -0.2) is 45.7 Å². The minimum absolute atomic E-state index is 0.0386. The molecule has 0 unspecified atom stereocenters. The molecular formula is C29H27FN6O5. The van der Waals surface area contributed by atoms with Gasteiger partial charge in [0, 0.05) is 12.6 Å². The van der Waals surface area contributed by atoms with E-state index in [1.54, 1.807) is 16.8 Å². The number of halogens is 1. The minimum atomic E-state index is -0.730. The van der Waals surface area contributed by atoms with Gasteiger partial charge in [0.2, 0.25) is 5.88 Å². The number of hydrogen-bond acceptors (Lipinski definition) is 8. The molecule has 0 fully saturated rings. The van der Waals surface area contributed by atoms with E-state index in [1.165, 1.54) is 74.1 Å². The molecule has 12 heteroatoms. The second kappa shape index (κ2) is 11.9. The quantitative estimate of drug-likeness (QED) is 0.196. The normalized spacial score (nSPS) is 13.6. The Morgan fingerprint density at radius 1 is 1.10 bits per heavy atom. The van der Waals surface area contributed by atoms with Gasteiger partial charge >= 0.3 is 0 Å². The summed E-state index contributed by atoms with van der Waals surface area (Å²) in [7, 11) is 3.03. The number of amides is 1. The molecule has 1 aliphatic rings. The summed E-state index contributed by atoms with van der Waals surface area (Å²) in [6.07, 6.45) is 9.01. The number of carbonyl (C=O) groups excluding carboxylic acids is 1. The van der Waals surface area contributed by atoms with Crippen molar-refractivity contribution in [2.45, 2.75) is 25.8 Å². The standard InChI is InChI=1S/C29H27FN6O5/c1-39-24-14-21-22(15-25(24)40-2)33-17-34-28(21)41-20(6-5-12-31)16-32-27(37)26-23-7-3-4-13-35(23)36(29(26)38)19-10-8-18(30)9-11-19/h5-6,8-12,14-17H,3-4,7,13,31H2,1-2H3/b12-5+,20-6+,32-16-. The molecule has 1 amide bonds. The van der Waals surface area contributed by atoms with Crippen molar-refractivity contribution >= 4 is 23.0 Å². The molecule has 2 N–H and O–H groups in total. The molecular weight excluding hydrogens is 531 g/mol. The molecule has 0 aliphatic carbocycles. The van der Waals surface area contributed by atoms with E-state index >= 15 is 0 Å². The van der Waals surface area contributed by atoms with Gasteiger partial charge in [-0.25, -0.2) is 24.0 Å². The lowest BCUT2D eigenvalue weighted by Gasteiger charge is -2.19. The molecule has 210 valence electrons. The van der Waals surface area contributed by atoms with Crippen molar-refractivity contribution in [1.29, 1.82) is 0 Å². The summed E-state index contributed by atoms with van der Waals surface area (Å²) >= 11 is 0. The van der Waals surface area contributed by atoms with Crippen molar-refractivity contribution in [3.8, 4) is 23.1 Å². The average Bonchev–Trinajstić information content (AvgIpc) is 3.29. The van der Waals surface area contributed by atoms with Crippen LogP contribution in [0.4, 0.5) is 4.39 Å². The van der Waals surface area contributed by atoms with Crippen LogP contribution in [0.3, 0.4) is 0 Å². The van der Waals surface area contributed by atoms with Gasteiger partial charge in [0.05, 0.1) is 42.7 Å². The third-order valence-corrected chi connectivity index (χ3v) is 6.57. The van der Waals surface area contributed by atoms with Crippen molar-refractivity contribution in [2.75, 3.05) is 14.2 Å². The highest BCUT2D eigenvalue weighted by molar-refractivity contribution is 6.02. The first-order valence-electron chi connectivity index (χ1n) is 12.8. The van der Waals surface area contributed by atoms with Crippen molar-refractivity contribution in [1.82, 2.24) is 19.3 Å². The van der Waals surface area contributed by atoms with Gasteiger partial charge in [-0.1, -0.05) is 0 Å². The number of allylic oxidation sites excluding steroid dienone is 3. The first-order valence-corrected chi connectivity index (χ1v) is 12.8. The summed E-state index contributed by atoms with van der Waals surface area (Å²) < 4.78 is 33.4. The third kappa shape index (κ3) is 5.44. The van der Waals surface area contributed by atoms with Crippen molar-refractivity contribution in [2.24, 2.45) is 10.7 Å². The maximum atomic E-state index is 13.5. The number of methoxy groups -OCH3 is 2. The number of ether oxygens (including phenoxy) is 3. The Morgan fingerprint density at radius 2 is 1.85 bits per heavy atom. The highest BCUT2D eigenvalue weighted by Gasteiger charge is 2.27. The van der Waals surface area contributed by atoms with Crippen LogP contribution in [0.1, 0.15) is 28.9 Å². The van der Waals surface area contributed by atoms with Gasteiger partial charge < -0.3 is 19.9 Å². The third-order valence-electron chi connectivity index (χ3n) is 6.57. The van der Waals surface area contributed by atoms with Crippen LogP contribution in [0.25, 0.3) is 16.6 Å². The molecule has 0 spiro atoms. The van der Waals surface area contributed by atoms with Gasteiger partial charge in [0.15, 0.2) is 11.5 Å². The summed E-state index contributed by atoms with van der Waals surface area (Å²) in [5, 5.41) is 0.524. The van der Waals surface area contributed by atoms with Crippen LogP contribution in [0.5, 0.6) is 17.4 Å². The fraction of sp³-hybridized carbons (Fsp3) is 0.207. The minimum Gasteiger partial charge on any atom is -0.493 e. The summed E-state index contributed by atoms with van der Waals surface area (Å²) in [6, 6.07) is 8.90. The van der Waals surface area contributed by atoms with Gasteiger partial charge in [-0.2, -0.15) is 0 Å². The predicted octanol–water partition coefficient (Wildman–Crippen LogP) is 3.72. The second-order valence-electron chi connectivity index (χ2n) is 9.02. The molecule has 2 aromatic carbocycles. The summed E-state index contributed by atoms with van der Waals surface area (Å²) in [4.78, 5) is 39.4. The molecule has 0 atom stereocenters. The van der Waals surface area contributed by atoms with Gasteiger partial charge in [-0.15, -0.1) is 0 Å². The SMILES string of the molecule is COc1cc2ncnc(OC(/C=N\C(=O)c3c4n(n(-c5ccc(F)cc5)c3=O)CCCC4)=C/C=C/N)c2cc1OC. The molecule has 5 rings (SSSR count). The summed E-state index contributed by atoms with van der Waals surface area (Å²) in [5.74, 6) is 0.0838. The van der Waals surface area contributed by atoms with E-state index < -0.39 is 17.3 Å². The molecule has 41 heavy (non-hydrogen) atoms. The first-order chi connectivity index (χ1) is 19.9. The molecule has 2 aromatic heterocycles. The number of carbonyl (C=O) groups is 1. The average molecular weight is 559 g/mol. The molecule has 0 bridgehead atoms. The number of rotatable bonds is 8. The fourth-order valence-corrected chi connectivity index (χ4v) is 4.68. The molecule has 4 aromatic rings. The number of aliphatic imine (C=N–C) groups is 1. The van der Waals surface area contributed by atoms with Crippen LogP contribution in [-0.2, 0) is 13.0 Å². The topological polar surface area (TPSA) is 136 Å². The predicted molar refractivity (Wildman–Crippen MR) is 150 cm³/mol. The molecule has 0 saturated heterocycles. The van der Waals surface area contributed by atoms with Gasteiger partial charge in [0.25, 0.3) is 11.5 Å². The van der Waals surface area contributed by atoms with E-state index in [0.29, 0.717) is 46.7 Å². The van der Waals surface area contributed by atoms with Crippen LogP contribution >= 0.6 is 0 Å². The number of benzene rings is 2. The fourth-order valence-electron chi connectivity index (χ4n) is 4.68. The molecule has 3 heterocycles. The van der Waals surface area contributed by atoms with E-state index in [4.69, 9.17) is 19.9 Å². The number of nitrogens with two attached hydrogens (primary N) is 1. The number of nitrogens with zero attached hydrogens (tertiary/aromatic N) is 5. The van der Waals surface area contributed by atoms with Gasteiger partial charge in [-0.3, -0.25) is 14.3 Å². The molecule has 11 nitrogen and oxygen atoms in total. The van der Waals surface area contributed by atoms with Gasteiger partial charge in [-0.05, 0) is 67.9 Å². The zero-order valence-corrected chi connectivity index (χ0v) is 22.4. The highest BCUT2D eigenvalue weighted by atomic mass is 19.1. The Morgan fingerprint density at radius 3 is 2.59 bits per heavy atom. The number of fused-ring (bicyclic) bond motifs is 2. The number of hydrogen-bond donors (Lipinski definition) is 1. The Hall–Kier alpha value is -5.26. The molecule has 0 saturated carbocycles. The lowest BCUT2D eigenvalue weighted by atomic mass is 10.1. The smallest absolute Gasteiger partial charge is 0.284 e. The molecule has 0 radical (unpaired) electrons. The Labute approximate surface area is 234 Å². The van der Waals surface area contributed by atoms with E-state index in [0.717, 1.165) is 12.8 Å². The zero-order valence-electron chi connectivity index (χ0n) is 22.4. The van der Waals surface area contributed by atoms with Crippen LogP contribution in [0, 0.1) is 5.82 Å². The van der Waals surface area contributed by atoms with Crippen molar-refractivity contribution in [3.05, 3.63) is 94.3 Å². The van der Waals surface area contributed by atoms with E-state index in [9.17, 15) is 14.0 Å². The highest BCUT2D eigenvalue weighted by Crippen LogP contribution is 2.34. The lowest BCUT2D eigenvalue weighted by Crippen LogP contribution is -2.24. The largest absolute Gasteiger partial charge is 0.493 e. The maximum absolute atomic E-state index is 13.5. The zero-order chi connectivity index (χ0) is 28.9. The second-order valence-corrected chi connectivity index (χ2v) is 9.02. The summed E-state index contributed by atoms with van der Waals surface area (Å²) in [5.41, 5.74) is 6.55. The molecule has 1 aliphatic heterocycles. The van der Waals surface area contributed by atoms with E-state index in [1.807, 2.05) is 0 Å².